The molecular formula is C36H73NO8P+. The highest BCUT2D eigenvalue weighted by Gasteiger charge is 2.27. The van der Waals surface area contributed by atoms with Crippen LogP contribution in [0.4, 0.5) is 0 Å². The Kier molecular flexibility index (Phi) is 29.4. The molecule has 46 heavy (non-hydrogen) atoms. The van der Waals surface area contributed by atoms with Gasteiger partial charge in [0.25, 0.3) is 0 Å². The summed E-state index contributed by atoms with van der Waals surface area (Å²) >= 11 is 0. The fourth-order valence-corrected chi connectivity index (χ4v) is 5.87. The lowest BCUT2D eigenvalue weighted by Gasteiger charge is -2.24. The Bertz CT molecular complexity index is 774. The number of unbranched alkanes of at least 4 members (excludes halogenated alkanes) is 20. The third-order valence-electron chi connectivity index (χ3n) is 8.14. The number of carbonyl (C=O) groups excluding carboxylic acids is 2. The summed E-state index contributed by atoms with van der Waals surface area (Å²) in [6, 6.07) is 0. The van der Waals surface area contributed by atoms with Gasteiger partial charge in [-0.15, -0.1) is 0 Å². The molecule has 274 valence electrons. The molecule has 0 amide bonds. The number of likely N-dealkylation sites (N-methyl/N-ethyl adjacent to an activating group) is 1. The first kappa shape index (κ1) is 45.0. The lowest BCUT2D eigenvalue weighted by Crippen LogP contribution is -2.37. The van der Waals surface area contributed by atoms with Crippen LogP contribution in [0, 0.1) is 0 Å². The predicted octanol–water partition coefficient (Wildman–Crippen LogP) is 9.68. The number of hydrogen-bond donors (Lipinski definition) is 1. The fourth-order valence-electron chi connectivity index (χ4n) is 5.13. The van der Waals surface area contributed by atoms with Crippen LogP contribution in [0.15, 0.2) is 0 Å². The molecular weight excluding hydrogens is 605 g/mol. The Balaban J connectivity index is 4.36. The molecule has 0 fully saturated rings. The Hall–Kier alpha value is -0.990. The van der Waals surface area contributed by atoms with Crippen LogP contribution in [-0.2, 0) is 32.7 Å². The van der Waals surface area contributed by atoms with Crippen molar-refractivity contribution in [1.29, 1.82) is 0 Å². The zero-order valence-electron chi connectivity index (χ0n) is 30.6. The highest BCUT2D eigenvalue weighted by Crippen LogP contribution is 2.43. The van der Waals surface area contributed by atoms with E-state index in [1.54, 1.807) is 0 Å². The first-order valence-electron chi connectivity index (χ1n) is 18.8. The molecule has 10 heteroatoms. The van der Waals surface area contributed by atoms with Gasteiger partial charge < -0.3 is 18.9 Å². The molecule has 0 bridgehead atoms. The van der Waals surface area contributed by atoms with Gasteiger partial charge >= 0.3 is 19.8 Å². The van der Waals surface area contributed by atoms with Crippen molar-refractivity contribution in [2.75, 3.05) is 47.5 Å². The minimum absolute atomic E-state index is 0.0361. The highest BCUT2D eigenvalue weighted by atomic mass is 31.2. The van der Waals surface area contributed by atoms with Gasteiger partial charge in [0.05, 0.1) is 27.7 Å². The maximum atomic E-state index is 12.5. The van der Waals surface area contributed by atoms with E-state index in [0.29, 0.717) is 23.9 Å². The number of phosphoric ester groups is 1. The number of ether oxygens (including phenoxy) is 2. The van der Waals surface area contributed by atoms with Crippen molar-refractivity contribution in [3.63, 3.8) is 0 Å². The largest absolute Gasteiger partial charge is 0.472 e. The van der Waals surface area contributed by atoms with Crippen LogP contribution < -0.4 is 0 Å². The van der Waals surface area contributed by atoms with Crippen LogP contribution in [-0.4, -0.2) is 74.9 Å². The molecule has 9 nitrogen and oxygen atoms in total. The van der Waals surface area contributed by atoms with Gasteiger partial charge in [0, 0.05) is 12.8 Å². The van der Waals surface area contributed by atoms with E-state index in [9.17, 15) is 19.0 Å². The minimum Gasteiger partial charge on any atom is -0.462 e. The molecule has 0 aromatic rings. The van der Waals surface area contributed by atoms with Gasteiger partial charge in [-0.2, -0.15) is 0 Å². The van der Waals surface area contributed by atoms with Gasteiger partial charge in [-0.1, -0.05) is 142 Å². The topological polar surface area (TPSA) is 108 Å². The molecule has 0 saturated carbocycles. The van der Waals surface area contributed by atoms with Gasteiger partial charge in [-0.05, 0) is 12.8 Å². The molecule has 2 atom stereocenters. The summed E-state index contributed by atoms with van der Waals surface area (Å²) in [7, 11) is 1.49. The monoisotopic (exact) mass is 679 g/mol. The second-order valence-corrected chi connectivity index (χ2v) is 15.4. The molecule has 0 radical (unpaired) electrons. The maximum Gasteiger partial charge on any atom is 0.472 e. The van der Waals surface area contributed by atoms with E-state index in [0.717, 1.165) is 32.1 Å². The molecule has 0 aromatic heterocycles. The summed E-state index contributed by atoms with van der Waals surface area (Å²) in [6.07, 6.45) is 25.8. The SMILES string of the molecule is CCCCCCCCCCCCCCCCC(=O)OC[C@@H](COP(=O)(O)OCC[N+](C)(C)C)OC(=O)CCCCCCCCCC. The number of hydrogen-bond acceptors (Lipinski definition) is 7. The normalized spacial score (nSPS) is 13.8. The maximum absolute atomic E-state index is 12.5. The number of phosphoric acid groups is 1. The van der Waals surface area contributed by atoms with Crippen molar-refractivity contribution in [2.45, 2.75) is 174 Å². The van der Waals surface area contributed by atoms with Gasteiger partial charge in [-0.25, -0.2) is 4.57 Å². The van der Waals surface area contributed by atoms with Gasteiger partial charge in [-0.3, -0.25) is 18.6 Å². The van der Waals surface area contributed by atoms with E-state index in [1.807, 2.05) is 21.1 Å². The second-order valence-electron chi connectivity index (χ2n) is 14.0. The van der Waals surface area contributed by atoms with Gasteiger partial charge in [0.1, 0.15) is 19.8 Å². The van der Waals surface area contributed by atoms with Crippen LogP contribution in [0.1, 0.15) is 168 Å². The Morgan fingerprint density at radius 3 is 1.39 bits per heavy atom. The number of nitrogens with zero attached hydrogens (tertiary/aromatic N) is 1. The molecule has 0 aliphatic rings. The molecule has 0 aliphatic carbocycles. The van der Waals surface area contributed by atoms with E-state index in [-0.39, 0.29) is 25.6 Å². The van der Waals surface area contributed by atoms with Crippen LogP contribution in [0.3, 0.4) is 0 Å². The van der Waals surface area contributed by atoms with Crippen LogP contribution >= 0.6 is 7.82 Å². The zero-order chi connectivity index (χ0) is 34.4. The molecule has 1 unspecified atom stereocenters. The molecule has 0 spiro atoms. The smallest absolute Gasteiger partial charge is 0.462 e. The number of quaternary nitrogens is 1. The molecule has 0 saturated heterocycles. The Morgan fingerprint density at radius 2 is 0.978 bits per heavy atom. The summed E-state index contributed by atoms with van der Waals surface area (Å²) < 4.78 is 34.0. The number of carbonyl (C=O) groups is 2. The van der Waals surface area contributed by atoms with Crippen molar-refractivity contribution < 1.29 is 42.1 Å². The van der Waals surface area contributed by atoms with E-state index in [2.05, 4.69) is 13.8 Å². The Morgan fingerprint density at radius 1 is 0.587 bits per heavy atom. The highest BCUT2D eigenvalue weighted by molar-refractivity contribution is 7.47. The van der Waals surface area contributed by atoms with E-state index in [1.165, 1.54) is 103 Å². The quantitative estimate of drug-likeness (QED) is 0.0310. The zero-order valence-corrected chi connectivity index (χ0v) is 31.5. The average Bonchev–Trinajstić information content (AvgIpc) is 2.99. The third kappa shape index (κ3) is 32.9. The first-order chi connectivity index (χ1) is 22.0. The average molecular weight is 679 g/mol. The molecule has 1 N–H and O–H groups in total. The van der Waals surface area contributed by atoms with Crippen molar-refractivity contribution in [1.82, 2.24) is 0 Å². The number of esters is 2. The molecule has 0 heterocycles. The summed E-state index contributed by atoms with van der Waals surface area (Å²) in [5, 5.41) is 0. The summed E-state index contributed by atoms with van der Waals surface area (Å²) in [5.74, 6) is -0.796. The second kappa shape index (κ2) is 30.1. The fraction of sp³-hybridized carbons (Fsp3) is 0.944. The Labute approximate surface area is 283 Å². The first-order valence-corrected chi connectivity index (χ1v) is 20.3. The van der Waals surface area contributed by atoms with E-state index in [4.69, 9.17) is 18.5 Å². The summed E-state index contributed by atoms with van der Waals surface area (Å²) in [4.78, 5) is 35.0. The number of rotatable bonds is 34. The van der Waals surface area contributed by atoms with Crippen molar-refractivity contribution in [3.8, 4) is 0 Å². The van der Waals surface area contributed by atoms with Crippen LogP contribution in [0.5, 0.6) is 0 Å². The lowest BCUT2D eigenvalue weighted by atomic mass is 10.0. The van der Waals surface area contributed by atoms with Crippen LogP contribution in [0.2, 0.25) is 0 Å². The van der Waals surface area contributed by atoms with Crippen molar-refractivity contribution in [2.24, 2.45) is 0 Å². The van der Waals surface area contributed by atoms with E-state index < -0.39 is 26.5 Å². The summed E-state index contributed by atoms with van der Waals surface area (Å²) in [6.45, 7) is 4.39. The lowest BCUT2D eigenvalue weighted by molar-refractivity contribution is -0.870. The molecule has 0 aliphatic heterocycles. The third-order valence-corrected chi connectivity index (χ3v) is 9.12. The van der Waals surface area contributed by atoms with Crippen LogP contribution in [0.25, 0.3) is 0 Å². The standard InChI is InChI=1S/C36H72NO8P/c1-6-8-10-12-14-16-17-18-19-20-21-23-24-26-28-35(38)42-32-34(33-44-46(40,41)43-31-30-37(3,4)5)45-36(39)29-27-25-22-15-13-11-9-7-2/h34H,6-33H2,1-5H3/p+1/t34-/m0/s1. The summed E-state index contributed by atoms with van der Waals surface area (Å²) in [5.41, 5.74) is 0. The molecule has 0 aromatic carbocycles. The minimum atomic E-state index is -4.35. The van der Waals surface area contributed by atoms with Crippen molar-refractivity contribution in [3.05, 3.63) is 0 Å². The van der Waals surface area contributed by atoms with E-state index >= 15 is 0 Å². The van der Waals surface area contributed by atoms with Crippen molar-refractivity contribution >= 4 is 19.8 Å². The predicted molar refractivity (Wildman–Crippen MR) is 188 cm³/mol. The van der Waals surface area contributed by atoms with Gasteiger partial charge in [0.15, 0.2) is 6.10 Å². The molecule has 0 rings (SSSR count). The van der Waals surface area contributed by atoms with Gasteiger partial charge in [0.2, 0.25) is 0 Å².